The zero-order valence-corrected chi connectivity index (χ0v) is 14.1. The third kappa shape index (κ3) is 3.15. The van der Waals surface area contributed by atoms with E-state index in [1.54, 1.807) is 11.6 Å². The van der Waals surface area contributed by atoms with Gasteiger partial charge in [-0.15, -0.1) is 0 Å². The highest BCUT2D eigenvalue weighted by molar-refractivity contribution is 5.93. The fourth-order valence-corrected chi connectivity index (χ4v) is 2.60. The van der Waals surface area contributed by atoms with E-state index in [2.05, 4.69) is 11.2 Å². The number of aryl methyl sites for hydroxylation is 1. The lowest BCUT2D eigenvalue weighted by Gasteiger charge is -2.08. The summed E-state index contributed by atoms with van der Waals surface area (Å²) in [5, 5.41) is 14.1. The van der Waals surface area contributed by atoms with Crippen molar-refractivity contribution < 1.29 is 9.53 Å². The second kappa shape index (κ2) is 7.02. The molecule has 2 aromatic carbocycles. The fourth-order valence-electron chi connectivity index (χ4n) is 2.60. The Labute approximate surface area is 146 Å². The van der Waals surface area contributed by atoms with Gasteiger partial charge >= 0.3 is 5.97 Å². The van der Waals surface area contributed by atoms with Gasteiger partial charge in [-0.2, -0.15) is 10.4 Å². The van der Waals surface area contributed by atoms with Crippen LogP contribution in [0.15, 0.2) is 54.6 Å². The largest absolute Gasteiger partial charge is 0.461 e. The monoisotopic (exact) mass is 331 g/mol. The summed E-state index contributed by atoms with van der Waals surface area (Å²) in [6.07, 6.45) is 0. The summed E-state index contributed by atoms with van der Waals surface area (Å²) in [4.78, 5) is 12.3. The molecule has 0 aliphatic carbocycles. The Balaban J connectivity index is 2.27. The van der Waals surface area contributed by atoms with Crippen molar-refractivity contribution in [2.75, 3.05) is 6.61 Å². The molecular weight excluding hydrogens is 314 g/mol. The molecule has 0 fully saturated rings. The van der Waals surface area contributed by atoms with Crippen molar-refractivity contribution in [2.45, 2.75) is 13.8 Å². The van der Waals surface area contributed by atoms with Crippen molar-refractivity contribution in [2.24, 2.45) is 0 Å². The summed E-state index contributed by atoms with van der Waals surface area (Å²) >= 11 is 0. The maximum Gasteiger partial charge on any atom is 0.360 e. The summed E-state index contributed by atoms with van der Waals surface area (Å²) in [6, 6.07) is 19.3. The van der Waals surface area contributed by atoms with Crippen molar-refractivity contribution in [3.8, 4) is 23.0 Å². The van der Waals surface area contributed by atoms with E-state index in [0.717, 1.165) is 16.8 Å². The van der Waals surface area contributed by atoms with Gasteiger partial charge in [-0.1, -0.05) is 48.0 Å². The molecule has 0 amide bonds. The summed E-state index contributed by atoms with van der Waals surface area (Å²) in [7, 11) is 0. The van der Waals surface area contributed by atoms with Crippen LogP contribution in [0.5, 0.6) is 0 Å². The van der Waals surface area contributed by atoms with Crippen molar-refractivity contribution >= 4 is 5.97 Å². The van der Waals surface area contributed by atoms with Crippen LogP contribution in [0.25, 0.3) is 16.9 Å². The lowest BCUT2D eigenvalue weighted by Crippen LogP contribution is -2.08. The van der Waals surface area contributed by atoms with E-state index in [0.29, 0.717) is 5.69 Å². The lowest BCUT2D eigenvalue weighted by atomic mass is 10.1. The minimum atomic E-state index is -0.595. The molecular formula is C20H17N3O2. The quantitative estimate of drug-likeness (QED) is 0.680. The van der Waals surface area contributed by atoms with Crippen LogP contribution < -0.4 is 0 Å². The first-order chi connectivity index (χ1) is 12.2. The van der Waals surface area contributed by atoms with Crippen molar-refractivity contribution in [1.82, 2.24) is 9.78 Å². The summed E-state index contributed by atoms with van der Waals surface area (Å²) in [5.41, 5.74) is 3.52. The number of rotatable bonds is 4. The van der Waals surface area contributed by atoms with Gasteiger partial charge in [0.2, 0.25) is 0 Å². The van der Waals surface area contributed by atoms with Gasteiger partial charge in [0.25, 0.3) is 0 Å². The molecule has 1 heterocycles. The third-order valence-corrected chi connectivity index (χ3v) is 3.79. The molecule has 25 heavy (non-hydrogen) atoms. The molecule has 124 valence electrons. The Morgan fingerprint density at radius 2 is 1.84 bits per heavy atom. The van der Waals surface area contributed by atoms with E-state index in [-0.39, 0.29) is 17.9 Å². The SMILES string of the molecule is CCOC(=O)c1nn(-c2ccc(C)cc2)c(-c2ccccc2)c1C#N. The fraction of sp³-hybridized carbons (Fsp3) is 0.150. The van der Waals surface area contributed by atoms with Gasteiger partial charge in [-0.3, -0.25) is 0 Å². The van der Waals surface area contributed by atoms with E-state index in [1.807, 2.05) is 61.5 Å². The third-order valence-electron chi connectivity index (χ3n) is 3.79. The number of ether oxygens (including phenoxy) is 1. The Morgan fingerprint density at radius 1 is 1.16 bits per heavy atom. The molecule has 0 bridgehead atoms. The van der Waals surface area contributed by atoms with Crippen molar-refractivity contribution in [1.29, 1.82) is 5.26 Å². The Kier molecular flexibility index (Phi) is 4.62. The molecule has 3 aromatic rings. The van der Waals surface area contributed by atoms with Gasteiger partial charge in [0, 0.05) is 5.56 Å². The predicted molar refractivity (Wildman–Crippen MR) is 94.4 cm³/mol. The van der Waals surface area contributed by atoms with Crippen LogP contribution in [0.2, 0.25) is 0 Å². The standard InChI is InChI=1S/C20H17N3O2/c1-3-25-20(24)18-17(13-21)19(15-7-5-4-6-8-15)23(22-18)16-11-9-14(2)10-12-16/h4-12H,3H2,1-2H3. The lowest BCUT2D eigenvalue weighted by molar-refractivity contribution is 0.0518. The highest BCUT2D eigenvalue weighted by Crippen LogP contribution is 2.29. The Hall–Kier alpha value is -3.39. The molecule has 0 spiro atoms. The van der Waals surface area contributed by atoms with Gasteiger partial charge in [0.15, 0.2) is 5.69 Å². The van der Waals surface area contributed by atoms with Crippen molar-refractivity contribution in [3.05, 3.63) is 71.4 Å². The van der Waals surface area contributed by atoms with E-state index in [1.165, 1.54) is 0 Å². The topological polar surface area (TPSA) is 67.9 Å². The molecule has 3 rings (SSSR count). The highest BCUT2D eigenvalue weighted by Gasteiger charge is 2.25. The zero-order valence-electron chi connectivity index (χ0n) is 14.1. The van der Waals surface area contributed by atoms with E-state index in [4.69, 9.17) is 4.74 Å². The van der Waals surface area contributed by atoms with Gasteiger partial charge in [0.1, 0.15) is 11.6 Å². The maximum atomic E-state index is 12.3. The minimum Gasteiger partial charge on any atom is -0.461 e. The second-order valence-corrected chi connectivity index (χ2v) is 5.52. The molecule has 5 heteroatoms. The summed E-state index contributed by atoms with van der Waals surface area (Å²) in [5.74, 6) is -0.595. The number of carbonyl (C=O) groups excluding carboxylic acids is 1. The molecule has 0 unspecified atom stereocenters. The van der Waals surface area contributed by atoms with E-state index < -0.39 is 5.97 Å². The van der Waals surface area contributed by atoms with Crippen molar-refractivity contribution in [3.63, 3.8) is 0 Å². The molecule has 1 aromatic heterocycles. The molecule has 5 nitrogen and oxygen atoms in total. The van der Waals surface area contributed by atoms with Crippen LogP contribution in [0.3, 0.4) is 0 Å². The molecule has 0 saturated carbocycles. The highest BCUT2D eigenvalue weighted by atomic mass is 16.5. The predicted octanol–water partition coefficient (Wildman–Crippen LogP) is 3.90. The number of benzene rings is 2. The Bertz CT molecular complexity index is 936. The first kappa shape index (κ1) is 16.5. The average molecular weight is 331 g/mol. The number of aromatic nitrogens is 2. The number of esters is 1. The second-order valence-electron chi connectivity index (χ2n) is 5.52. The van der Waals surface area contributed by atoms with Crippen LogP contribution in [0.4, 0.5) is 0 Å². The average Bonchev–Trinajstić information content (AvgIpc) is 3.03. The van der Waals surface area contributed by atoms with E-state index in [9.17, 15) is 10.1 Å². The maximum absolute atomic E-state index is 12.3. The number of carbonyl (C=O) groups is 1. The van der Waals surface area contributed by atoms with Gasteiger partial charge < -0.3 is 4.74 Å². The first-order valence-corrected chi connectivity index (χ1v) is 7.98. The first-order valence-electron chi connectivity index (χ1n) is 7.98. The van der Waals surface area contributed by atoms with Crippen LogP contribution in [0, 0.1) is 18.3 Å². The molecule has 0 saturated heterocycles. The van der Waals surface area contributed by atoms with Crippen LogP contribution in [-0.4, -0.2) is 22.4 Å². The number of hydrogen-bond acceptors (Lipinski definition) is 4. The van der Waals surface area contributed by atoms with E-state index >= 15 is 0 Å². The van der Waals surface area contributed by atoms with Crippen LogP contribution in [-0.2, 0) is 4.74 Å². The zero-order chi connectivity index (χ0) is 17.8. The van der Waals surface area contributed by atoms with Crippen LogP contribution >= 0.6 is 0 Å². The molecule has 0 N–H and O–H groups in total. The number of nitrogens with zero attached hydrogens (tertiary/aromatic N) is 3. The number of hydrogen-bond donors (Lipinski definition) is 0. The summed E-state index contributed by atoms with van der Waals surface area (Å²) < 4.78 is 6.69. The molecule has 0 aliphatic rings. The van der Waals surface area contributed by atoms with Gasteiger partial charge in [0.05, 0.1) is 18.0 Å². The van der Waals surface area contributed by atoms with Crippen LogP contribution in [0.1, 0.15) is 28.5 Å². The summed E-state index contributed by atoms with van der Waals surface area (Å²) in [6.45, 7) is 3.94. The van der Waals surface area contributed by atoms with Gasteiger partial charge in [-0.05, 0) is 26.0 Å². The smallest absolute Gasteiger partial charge is 0.360 e. The minimum absolute atomic E-state index is 0.0313. The Morgan fingerprint density at radius 3 is 2.44 bits per heavy atom. The molecule has 0 aliphatic heterocycles. The molecule has 0 radical (unpaired) electrons. The molecule has 0 atom stereocenters. The number of nitriles is 1. The normalized spacial score (nSPS) is 10.3. The van der Waals surface area contributed by atoms with Gasteiger partial charge in [-0.25, -0.2) is 9.48 Å².